The van der Waals surface area contributed by atoms with Crippen molar-refractivity contribution in [3.8, 4) is 0 Å². The number of carbonyl (C=O) groups is 2. The minimum atomic E-state index is -0.833. The monoisotopic (exact) mass is 214 g/mol. The van der Waals surface area contributed by atoms with E-state index >= 15 is 0 Å². The zero-order valence-electron chi connectivity index (χ0n) is 7.73. The van der Waals surface area contributed by atoms with Crippen LogP contribution in [0.1, 0.15) is 22.8 Å². The summed E-state index contributed by atoms with van der Waals surface area (Å²) in [5.41, 5.74) is 1.86. The normalized spacial score (nSPS) is 10.9. The zero-order valence-corrected chi connectivity index (χ0v) is 7.73. The maximum atomic E-state index is 11.0. The van der Waals surface area contributed by atoms with E-state index in [-0.39, 0.29) is 35.3 Å². The van der Waals surface area contributed by atoms with Gasteiger partial charge in [-0.05, 0) is 11.6 Å². The van der Waals surface area contributed by atoms with Gasteiger partial charge in [-0.15, -0.1) is 0 Å². The van der Waals surface area contributed by atoms with Gasteiger partial charge in [0.1, 0.15) is 0 Å². The van der Waals surface area contributed by atoms with Crippen molar-refractivity contribution in [3.63, 3.8) is 0 Å². The molecule has 74 valence electrons. The molecule has 3 nitrogen and oxygen atoms in total. The Morgan fingerprint density at radius 3 is 2.27 bits per heavy atom. The number of allylic oxidation sites excluding steroid dienone is 1. The first kappa shape index (κ1) is 14.1. The van der Waals surface area contributed by atoms with Gasteiger partial charge in [0.15, 0.2) is 5.78 Å². The molecule has 1 aliphatic rings. The van der Waals surface area contributed by atoms with Crippen LogP contribution in [0.4, 0.5) is 0 Å². The second-order valence-electron chi connectivity index (χ2n) is 2.80. The fourth-order valence-electron chi connectivity index (χ4n) is 1.12. The van der Waals surface area contributed by atoms with E-state index in [9.17, 15) is 4.79 Å². The van der Waals surface area contributed by atoms with Gasteiger partial charge >= 0.3 is 29.6 Å². The van der Waals surface area contributed by atoms with E-state index < -0.39 is 5.97 Å². The first-order chi connectivity index (χ1) is 6.61. The molecule has 0 unspecified atom stereocenters. The van der Waals surface area contributed by atoms with Gasteiger partial charge in [0.05, 0.1) is 0 Å². The van der Waals surface area contributed by atoms with Crippen molar-refractivity contribution >= 4 is 47.4 Å². The Morgan fingerprint density at radius 1 is 1.20 bits per heavy atom. The molecular formula is C11H11NaO3. The summed E-state index contributed by atoms with van der Waals surface area (Å²) in [6.07, 6.45) is 3.45. The van der Waals surface area contributed by atoms with E-state index in [1.54, 1.807) is 6.08 Å². The van der Waals surface area contributed by atoms with E-state index in [2.05, 4.69) is 0 Å². The molecule has 0 fully saturated rings. The SMILES string of the molecule is CC(=O)O.O=C1C=Cc2ccccc21.[NaH]. The van der Waals surface area contributed by atoms with E-state index in [0.29, 0.717) is 0 Å². The summed E-state index contributed by atoms with van der Waals surface area (Å²) in [6, 6.07) is 7.60. The second-order valence-corrected chi connectivity index (χ2v) is 2.80. The summed E-state index contributed by atoms with van der Waals surface area (Å²) in [5.74, 6) is -0.712. The minimum absolute atomic E-state index is 0. The van der Waals surface area contributed by atoms with Crippen molar-refractivity contribution in [2.45, 2.75) is 6.92 Å². The van der Waals surface area contributed by atoms with E-state index in [4.69, 9.17) is 9.90 Å². The second kappa shape index (κ2) is 6.56. The third kappa shape index (κ3) is 4.42. The number of fused-ring (bicyclic) bond motifs is 1. The molecule has 0 bridgehead atoms. The maximum absolute atomic E-state index is 11.0. The predicted octanol–water partition coefficient (Wildman–Crippen LogP) is 1.34. The first-order valence-electron chi connectivity index (χ1n) is 4.12. The number of benzene rings is 1. The van der Waals surface area contributed by atoms with Crippen LogP contribution in [-0.4, -0.2) is 46.4 Å². The number of carbonyl (C=O) groups excluding carboxylic acids is 1. The third-order valence-electron chi connectivity index (χ3n) is 1.64. The Labute approximate surface area is 110 Å². The van der Waals surface area contributed by atoms with Crippen LogP contribution in [0.3, 0.4) is 0 Å². The fourth-order valence-corrected chi connectivity index (χ4v) is 1.12. The Morgan fingerprint density at radius 2 is 1.73 bits per heavy atom. The molecule has 1 aromatic carbocycles. The molecule has 0 aromatic heterocycles. The topological polar surface area (TPSA) is 54.4 Å². The number of carboxylic acid groups (broad SMARTS) is 1. The molecule has 1 N–H and O–H groups in total. The number of aliphatic carboxylic acids is 1. The van der Waals surface area contributed by atoms with Gasteiger partial charge in [0.2, 0.25) is 0 Å². The van der Waals surface area contributed by atoms with Gasteiger partial charge in [-0.25, -0.2) is 0 Å². The Bertz CT molecular complexity index is 393. The molecule has 1 aromatic rings. The van der Waals surface area contributed by atoms with Crippen LogP contribution in [0, 0.1) is 0 Å². The molecule has 2 rings (SSSR count). The van der Waals surface area contributed by atoms with E-state index in [0.717, 1.165) is 18.1 Å². The van der Waals surface area contributed by atoms with Gasteiger partial charge < -0.3 is 5.11 Å². The summed E-state index contributed by atoms with van der Waals surface area (Å²) in [4.78, 5) is 20.0. The molecule has 0 radical (unpaired) electrons. The molecule has 1 aliphatic carbocycles. The molecule has 0 aliphatic heterocycles. The molecule has 15 heavy (non-hydrogen) atoms. The van der Waals surface area contributed by atoms with Gasteiger partial charge in [-0.1, -0.05) is 30.3 Å². The van der Waals surface area contributed by atoms with Crippen LogP contribution < -0.4 is 0 Å². The summed E-state index contributed by atoms with van der Waals surface area (Å²) in [7, 11) is 0. The van der Waals surface area contributed by atoms with Crippen molar-refractivity contribution < 1.29 is 14.7 Å². The number of hydrogen-bond acceptors (Lipinski definition) is 2. The summed E-state index contributed by atoms with van der Waals surface area (Å²) >= 11 is 0. The molecule has 0 saturated carbocycles. The number of hydrogen-bond donors (Lipinski definition) is 1. The van der Waals surface area contributed by atoms with Crippen molar-refractivity contribution in [2.75, 3.05) is 0 Å². The van der Waals surface area contributed by atoms with Crippen molar-refractivity contribution in [2.24, 2.45) is 0 Å². The molecule has 0 saturated heterocycles. The number of ketones is 1. The Hall–Kier alpha value is -0.900. The molecule has 0 spiro atoms. The number of carboxylic acids is 1. The van der Waals surface area contributed by atoms with Crippen LogP contribution in [0.25, 0.3) is 6.08 Å². The average Bonchev–Trinajstić information content (AvgIpc) is 2.48. The summed E-state index contributed by atoms with van der Waals surface area (Å²) in [5, 5.41) is 7.42. The average molecular weight is 214 g/mol. The van der Waals surface area contributed by atoms with Gasteiger partial charge in [0.25, 0.3) is 5.97 Å². The molecular weight excluding hydrogens is 203 g/mol. The molecule has 4 heteroatoms. The first-order valence-corrected chi connectivity index (χ1v) is 4.12. The van der Waals surface area contributed by atoms with E-state index in [1.807, 2.05) is 30.3 Å². The quantitative estimate of drug-likeness (QED) is 0.663. The summed E-state index contributed by atoms with van der Waals surface area (Å²) in [6.45, 7) is 1.08. The van der Waals surface area contributed by atoms with E-state index in [1.165, 1.54) is 0 Å². The van der Waals surface area contributed by atoms with Crippen molar-refractivity contribution in [1.82, 2.24) is 0 Å². The molecule has 0 atom stereocenters. The van der Waals surface area contributed by atoms with Crippen LogP contribution in [0.2, 0.25) is 0 Å². The standard InChI is InChI=1S/C9H6O.C2H4O2.Na.H/c10-9-6-5-7-3-1-2-4-8(7)9;1-2(3)4;;/h1-6H;1H3,(H,3,4);;. The fraction of sp³-hybridized carbons (Fsp3) is 0.0909. The summed E-state index contributed by atoms with van der Waals surface area (Å²) < 4.78 is 0. The number of rotatable bonds is 0. The van der Waals surface area contributed by atoms with Crippen molar-refractivity contribution in [3.05, 3.63) is 41.5 Å². The van der Waals surface area contributed by atoms with Gasteiger partial charge in [0, 0.05) is 12.5 Å². The predicted molar refractivity (Wildman–Crippen MR) is 60.3 cm³/mol. The van der Waals surface area contributed by atoms with Crippen LogP contribution >= 0.6 is 0 Å². The third-order valence-corrected chi connectivity index (χ3v) is 1.64. The van der Waals surface area contributed by atoms with Crippen LogP contribution in [0.15, 0.2) is 30.3 Å². The molecule has 0 amide bonds. The van der Waals surface area contributed by atoms with Crippen LogP contribution in [0.5, 0.6) is 0 Å². The Kier molecular flexibility index (Phi) is 6.17. The molecule has 0 heterocycles. The zero-order chi connectivity index (χ0) is 10.6. The van der Waals surface area contributed by atoms with Gasteiger partial charge in [-0.2, -0.15) is 0 Å². The van der Waals surface area contributed by atoms with Crippen LogP contribution in [-0.2, 0) is 4.79 Å². The van der Waals surface area contributed by atoms with Crippen molar-refractivity contribution in [1.29, 1.82) is 0 Å². The Balaban J connectivity index is 0.000000346. The van der Waals surface area contributed by atoms with Gasteiger partial charge in [-0.3, -0.25) is 9.59 Å².